The van der Waals surface area contributed by atoms with Crippen molar-refractivity contribution in [2.45, 2.75) is 0 Å². The first kappa shape index (κ1) is 12.4. The average molecular weight is 283 g/mol. The van der Waals surface area contributed by atoms with E-state index in [0.29, 0.717) is 0 Å². The molecule has 0 N–H and O–H groups in total. The summed E-state index contributed by atoms with van der Waals surface area (Å²) in [5.41, 5.74) is 0. The molecule has 0 amide bonds. The van der Waals surface area contributed by atoms with Gasteiger partial charge in [0.05, 0.1) is 0 Å². The molecule has 4 aromatic carbocycles. The molecule has 0 aromatic heterocycles. The largest absolute Gasteiger partial charge is 0.105 e. The van der Waals surface area contributed by atoms with Crippen LogP contribution in [0, 0.1) is 0 Å². The van der Waals surface area contributed by atoms with Crippen LogP contribution in [0.4, 0.5) is 0 Å². The van der Waals surface area contributed by atoms with Gasteiger partial charge in [-0.05, 0) is 21.5 Å². The maximum atomic E-state index is 2.28. The second-order valence-corrected chi connectivity index (χ2v) is 6.81. The lowest BCUT2D eigenvalue weighted by molar-refractivity contribution is 1.77. The molecule has 0 unspecified atom stereocenters. The van der Waals surface area contributed by atoms with Gasteiger partial charge in [0.1, 0.15) is 9.52 Å². The Kier molecular flexibility index (Phi) is 3.06. The maximum absolute atomic E-state index is 2.28. The van der Waals surface area contributed by atoms with Crippen molar-refractivity contribution in [2.24, 2.45) is 0 Å². The summed E-state index contributed by atoms with van der Waals surface area (Å²) < 4.78 is 0. The Bertz CT molecular complexity index is 837. The van der Waals surface area contributed by atoms with Crippen LogP contribution in [0.5, 0.6) is 0 Å². The van der Waals surface area contributed by atoms with Gasteiger partial charge < -0.3 is 0 Å². The van der Waals surface area contributed by atoms with Gasteiger partial charge >= 0.3 is 0 Å². The molecule has 0 aliphatic rings. The molecule has 99 valence electrons. The lowest BCUT2D eigenvalue weighted by Gasteiger charge is -2.09. The Morgan fingerprint density at radius 3 is 1.38 bits per heavy atom. The molecule has 0 heterocycles. The first-order chi connectivity index (χ1) is 10.4. The number of hydrogen-bond acceptors (Lipinski definition) is 0. The van der Waals surface area contributed by atoms with Crippen molar-refractivity contribution >= 4 is 41.4 Å². The van der Waals surface area contributed by atoms with E-state index in [1.54, 1.807) is 0 Å². The van der Waals surface area contributed by atoms with E-state index in [0.717, 1.165) is 0 Å². The first-order valence-corrected chi connectivity index (χ1v) is 8.37. The molecule has 0 bridgehead atoms. The van der Waals surface area contributed by atoms with Gasteiger partial charge in [0.15, 0.2) is 0 Å². The monoisotopic (exact) mass is 283 g/mol. The Morgan fingerprint density at radius 1 is 0.429 bits per heavy atom. The van der Waals surface area contributed by atoms with Gasteiger partial charge in [0.2, 0.25) is 0 Å². The van der Waals surface area contributed by atoms with E-state index in [9.17, 15) is 0 Å². The van der Waals surface area contributed by atoms with Crippen molar-refractivity contribution in [1.82, 2.24) is 0 Å². The number of fused-ring (bicyclic) bond motifs is 2. The van der Waals surface area contributed by atoms with Crippen LogP contribution in [-0.4, -0.2) is 9.52 Å². The van der Waals surface area contributed by atoms with Gasteiger partial charge in [-0.2, -0.15) is 0 Å². The SMILES string of the molecule is c1ccc2c([SiH]c3cccc4ccccc34)cccc2c1. The van der Waals surface area contributed by atoms with Gasteiger partial charge in [-0.25, -0.2) is 0 Å². The van der Waals surface area contributed by atoms with Crippen molar-refractivity contribution in [3.63, 3.8) is 0 Å². The molecule has 0 nitrogen and oxygen atoms in total. The minimum Gasteiger partial charge on any atom is -0.0626 e. The van der Waals surface area contributed by atoms with Crippen LogP contribution in [0.2, 0.25) is 0 Å². The molecule has 0 fully saturated rings. The lowest BCUT2D eigenvalue weighted by atomic mass is 10.1. The second kappa shape index (κ2) is 5.19. The Morgan fingerprint density at radius 2 is 0.857 bits per heavy atom. The molecule has 0 saturated carbocycles. The van der Waals surface area contributed by atoms with Crippen LogP contribution in [-0.2, 0) is 0 Å². The third-order valence-electron chi connectivity index (χ3n) is 3.96. The second-order valence-electron chi connectivity index (χ2n) is 5.28. The molecule has 0 saturated heterocycles. The van der Waals surface area contributed by atoms with E-state index < -0.39 is 0 Å². The number of rotatable bonds is 2. The topological polar surface area (TPSA) is 0 Å². The zero-order chi connectivity index (χ0) is 14.1. The molecule has 0 aliphatic carbocycles. The van der Waals surface area contributed by atoms with Crippen molar-refractivity contribution in [3.8, 4) is 0 Å². The highest BCUT2D eigenvalue weighted by atomic mass is 28.2. The summed E-state index contributed by atoms with van der Waals surface area (Å²) in [5, 5.41) is 8.41. The normalized spacial score (nSPS) is 11.0. The molecular formula is C20H15Si. The predicted molar refractivity (Wildman–Crippen MR) is 94.3 cm³/mol. The van der Waals surface area contributed by atoms with Gasteiger partial charge in [-0.1, -0.05) is 95.3 Å². The van der Waals surface area contributed by atoms with Crippen LogP contribution in [0.1, 0.15) is 0 Å². The molecule has 21 heavy (non-hydrogen) atoms. The van der Waals surface area contributed by atoms with E-state index in [4.69, 9.17) is 0 Å². The minimum atomic E-state index is 0.103. The summed E-state index contributed by atoms with van der Waals surface area (Å²) in [5.74, 6) is 0. The summed E-state index contributed by atoms with van der Waals surface area (Å²) in [6, 6.07) is 30.7. The van der Waals surface area contributed by atoms with Crippen LogP contribution >= 0.6 is 0 Å². The molecule has 4 rings (SSSR count). The van der Waals surface area contributed by atoms with Crippen LogP contribution < -0.4 is 10.4 Å². The van der Waals surface area contributed by atoms with Crippen LogP contribution in [0.25, 0.3) is 21.5 Å². The van der Waals surface area contributed by atoms with Crippen LogP contribution in [0.15, 0.2) is 84.9 Å². The summed E-state index contributed by atoms with van der Waals surface area (Å²) >= 11 is 0. The smallest absolute Gasteiger partial charge is 0.0626 e. The third kappa shape index (κ3) is 2.26. The Hall–Kier alpha value is -2.38. The highest BCUT2D eigenvalue weighted by Crippen LogP contribution is 2.12. The summed E-state index contributed by atoms with van der Waals surface area (Å²) in [7, 11) is 0.103. The quantitative estimate of drug-likeness (QED) is 0.495. The standard InChI is InChI=1S/C20H15Si/c1-3-11-17-15(7-1)9-5-13-19(17)21-20-14-6-10-16-8-2-4-12-18(16)20/h1-14,21H. The summed E-state index contributed by atoms with van der Waals surface area (Å²) in [4.78, 5) is 0. The number of benzene rings is 4. The van der Waals surface area contributed by atoms with E-state index in [1.807, 2.05) is 0 Å². The van der Waals surface area contributed by atoms with E-state index >= 15 is 0 Å². The molecule has 0 aliphatic heterocycles. The predicted octanol–water partition coefficient (Wildman–Crippen LogP) is 3.38. The summed E-state index contributed by atoms with van der Waals surface area (Å²) in [6.07, 6.45) is 0. The molecule has 1 radical (unpaired) electrons. The van der Waals surface area contributed by atoms with Gasteiger partial charge in [0, 0.05) is 0 Å². The Balaban J connectivity index is 1.87. The van der Waals surface area contributed by atoms with Gasteiger partial charge in [-0.3, -0.25) is 0 Å². The van der Waals surface area contributed by atoms with Crippen LogP contribution in [0.3, 0.4) is 0 Å². The van der Waals surface area contributed by atoms with Gasteiger partial charge in [-0.15, -0.1) is 0 Å². The lowest BCUT2D eigenvalue weighted by Crippen LogP contribution is -2.28. The maximum Gasteiger partial charge on any atom is 0.105 e. The fourth-order valence-electron chi connectivity index (χ4n) is 2.92. The highest BCUT2D eigenvalue weighted by Gasteiger charge is 2.05. The molecule has 0 spiro atoms. The average Bonchev–Trinajstić information content (AvgIpc) is 2.56. The number of hydrogen-bond donors (Lipinski definition) is 0. The first-order valence-electron chi connectivity index (χ1n) is 7.22. The third-order valence-corrected chi connectivity index (χ3v) is 5.59. The van der Waals surface area contributed by atoms with Crippen molar-refractivity contribution in [1.29, 1.82) is 0 Å². The van der Waals surface area contributed by atoms with Crippen molar-refractivity contribution in [3.05, 3.63) is 84.9 Å². The van der Waals surface area contributed by atoms with Crippen molar-refractivity contribution < 1.29 is 0 Å². The molecule has 1 heteroatoms. The zero-order valence-electron chi connectivity index (χ0n) is 11.7. The Labute approximate surface area is 126 Å². The van der Waals surface area contributed by atoms with Crippen molar-refractivity contribution in [2.75, 3.05) is 0 Å². The van der Waals surface area contributed by atoms with E-state index in [-0.39, 0.29) is 9.52 Å². The molecular weight excluding hydrogens is 268 g/mol. The highest BCUT2D eigenvalue weighted by molar-refractivity contribution is 6.72. The fraction of sp³-hybridized carbons (Fsp3) is 0. The zero-order valence-corrected chi connectivity index (χ0v) is 12.8. The summed E-state index contributed by atoms with van der Waals surface area (Å²) in [6.45, 7) is 0. The van der Waals surface area contributed by atoms with E-state index in [2.05, 4.69) is 84.9 Å². The van der Waals surface area contributed by atoms with Gasteiger partial charge in [0.25, 0.3) is 0 Å². The molecule has 0 atom stereocenters. The minimum absolute atomic E-state index is 0.103. The fourth-order valence-corrected chi connectivity index (χ4v) is 4.51. The molecule has 4 aromatic rings. The van der Waals surface area contributed by atoms with E-state index in [1.165, 1.54) is 31.9 Å².